The summed E-state index contributed by atoms with van der Waals surface area (Å²) in [4.78, 5) is 2.90. The maximum absolute atomic E-state index is 3.70. The molecule has 1 saturated carbocycles. The SMILES string of the molecule is C1CC2CC(C1)N(C1CC3CNC(CN3)C1)C2. The van der Waals surface area contributed by atoms with Crippen molar-refractivity contribution >= 4 is 0 Å². The van der Waals surface area contributed by atoms with Gasteiger partial charge in [0.25, 0.3) is 0 Å². The average molecular weight is 235 g/mol. The van der Waals surface area contributed by atoms with E-state index >= 15 is 0 Å². The topological polar surface area (TPSA) is 27.3 Å². The Kier molecular flexibility index (Phi) is 2.67. The lowest BCUT2D eigenvalue weighted by Crippen LogP contribution is -2.51. The van der Waals surface area contributed by atoms with E-state index in [1.54, 1.807) is 0 Å². The van der Waals surface area contributed by atoms with Crippen molar-refractivity contribution in [3.05, 3.63) is 0 Å². The molecule has 3 nitrogen and oxygen atoms in total. The van der Waals surface area contributed by atoms with Gasteiger partial charge in [-0.15, -0.1) is 0 Å². The van der Waals surface area contributed by atoms with E-state index in [0.29, 0.717) is 0 Å². The highest BCUT2D eigenvalue weighted by Crippen LogP contribution is 2.38. The molecule has 4 unspecified atom stereocenters. The van der Waals surface area contributed by atoms with Crippen LogP contribution in [0.4, 0.5) is 0 Å². The van der Waals surface area contributed by atoms with Gasteiger partial charge in [0.1, 0.15) is 0 Å². The third-order valence-electron chi connectivity index (χ3n) is 5.58. The molecule has 3 heteroatoms. The van der Waals surface area contributed by atoms with Crippen molar-refractivity contribution in [1.82, 2.24) is 15.5 Å². The van der Waals surface area contributed by atoms with Gasteiger partial charge in [-0.3, -0.25) is 4.90 Å². The summed E-state index contributed by atoms with van der Waals surface area (Å²) in [7, 11) is 0. The summed E-state index contributed by atoms with van der Waals surface area (Å²) in [6.45, 7) is 3.81. The van der Waals surface area contributed by atoms with Crippen LogP contribution >= 0.6 is 0 Å². The molecule has 4 saturated heterocycles. The Morgan fingerprint density at radius 1 is 0.824 bits per heavy atom. The van der Waals surface area contributed by atoms with Gasteiger partial charge in [-0.1, -0.05) is 6.42 Å². The zero-order valence-electron chi connectivity index (χ0n) is 10.7. The largest absolute Gasteiger partial charge is 0.311 e. The second-order valence-electron chi connectivity index (χ2n) is 6.72. The molecular formula is C14H25N3. The van der Waals surface area contributed by atoms with Crippen LogP contribution in [-0.4, -0.2) is 48.7 Å². The highest BCUT2D eigenvalue weighted by atomic mass is 15.2. The molecule has 0 aromatic carbocycles. The van der Waals surface area contributed by atoms with E-state index in [4.69, 9.17) is 0 Å². The summed E-state index contributed by atoms with van der Waals surface area (Å²) in [5, 5.41) is 7.41. The van der Waals surface area contributed by atoms with Gasteiger partial charge >= 0.3 is 0 Å². The van der Waals surface area contributed by atoms with E-state index in [1.165, 1.54) is 58.2 Å². The fourth-order valence-corrected chi connectivity index (χ4v) is 4.74. The number of nitrogens with zero attached hydrogens (tertiary/aromatic N) is 1. The number of likely N-dealkylation sites (tertiary alicyclic amines) is 1. The van der Waals surface area contributed by atoms with E-state index in [1.807, 2.05) is 0 Å². The van der Waals surface area contributed by atoms with Crippen molar-refractivity contribution in [2.75, 3.05) is 19.6 Å². The van der Waals surface area contributed by atoms with Gasteiger partial charge in [0, 0.05) is 43.8 Å². The van der Waals surface area contributed by atoms with Gasteiger partial charge in [-0.05, 0) is 38.0 Å². The van der Waals surface area contributed by atoms with Crippen molar-refractivity contribution in [3.63, 3.8) is 0 Å². The Balaban J connectivity index is 1.51. The third kappa shape index (κ3) is 1.92. The second kappa shape index (κ2) is 4.22. The predicted molar refractivity (Wildman–Crippen MR) is 69.1 cm³/mol. The lowest BCUT2D eigenvalue weighted by Gasteiger charge is -2.33. The summed E-state index contributed by atoms with van der Waals surface area (Å²) in [5.74, 6) is 1.04. The Bertz CT molecular complexity index is 271. The Morgan fingerprint density at radius 2 is 1.59 bits per heavy atom. The molecule has 4 bridgehead atoms. The molecule has 5 rings (SSSR count). The second-order valence-corrected chi connectivity index (χ2v) is 6.72. The first-order valence-corrected chi connectivity index (χ1v) is 7.61. The Labute approximate surface area is 104 Å². The molecular weight excluding hydrogens is 210 g/mol. The molecule has 0 amide bonds. The lowest BCUT2D eigenvalue weighted by molar-refractivity contribution is 0.156. The normalized spacial score (nSPS) is 50.5. The molecule has 0 aromatic heterocycles. The zero-order chi connectivity index (χ0) is 11.2. The van der Waals surface area contributed by atoms with Gasteiger partial charge in [0.05, 0.1) is 0 Å². The molecule has 0 spiro atoms. The minimum absolute atomic E-state index is 0.735. The molecule has 4 atom stereocenters. The van der Waals surface area contributed by atoms with E-state index in [2.05, 4.69) is 15.5 Å². The number of hydrogen-bond donors (Lipinski definition) is 2. The minimum atomic E-state index is 0.735. The number of fused-ring (bicyclic) bond motifs is 6. The quantitative estimate of drug-likeness (QED) is 0.709. The van der Waals surface area contributed by atoms with Crippen LogP contribution in [0.2, 0.25) is 0 Å². The molecule has 5 fully saturated rings. The maximum atomic E-state index is 3.70. The van der Waals surface area contributed by atoms with E-state index < -0.39 is 0 Å². The van der Waals surface area contributed by atoms with Crippen molar-refractivity contribution in [2.45, 2.75) is 62.7 Å². The lowest BCUT2D eigenvalue weighted by atomic mass is 9.90. The first-order chi connectivity index (χ1) is 8.38. The van der Waals surface area contributed by atoms with Crippen molar-refractivity contribution < 1.29 is 0 Å². The van der Waals surface area contributed by atoms with Crippen LogP contribution in [0.15, 0.2) is 0 Å². The van der Waals surface area contributed by atoms with Crippen LogP contribution in [0.3, 0.4) is 0 Å². The number of hydrogen-bond acceptors (Lipinski definition) is 3. The smallest absolute Gasteiger partial charge is 0.0208 e. The molecule has 2 N–H and O–H groups in total. The van der Waals surface area contributed by atoms with Crippen LogP contribution in [-0.2, 0) is 0 Å². The monoisotopic (exact) mass is 235 g/mol. The molecule has 17 heavy (non-hydrogen) atoms. The third-order valence-corrected chi connectivity index (χ3v) is 5.58. The maximum Gasteiger partial charge on any atom is 0.0208 e. The Morgan fingerprint density at radius 3 is 2.24 bits per heavy atom. The molecule has 0 radical (unpaired) electrons. The molecule has 4 aliphatic heterocycles. The number of rotatable bonds is 1. The van der Waals surface area contributed by atoms with Gasteiger partial charge in [-0.25, -0.2) is 0 Å². The van der Waals surface area contributed by atoms with Gasteiger partial charge in [0.15, 0.2) is 0 Å². The van der Waals surface area contributed by atoms with E-state index in [9.17, 15) is 0 Å². The van der Waals surface area contributed by atoms with Crippen LogP contribution in [0, 0.1) is 5.92 Å². The zero-order valence-corrected chi connectivity index (χ0v) is 10.7. The van der Waals surface area contributed by atoms with Gasteiger partial charge in [-0.2, -0.15) is 0 Å². The first kappa shape index (κ1) is 10.8. The highest BCUT2D eigenvalue weighted by molar-refractivity contribution is 4.99. The Hall–Kier alpha value is -0.120. The standard InChI is InChI=1S/C14H25N3/c1-2-10-4-13(3-1)17(9-10)14-5-11-7-16-12(6-14)8-15-11/h10-16H,1-9H2. The van der Waals surface area contributed by atoms with Gasteiger partial charge in [0.2, 0.25) is 0 Å². The average Bonchev–Trinajstić information content (AvgIpc) is 2.57. The molecule has 1 aliphatic carbocycles. The molecule has 96 valence electrons. The highest BCUT2D eigenvalue weighted by Gasteiger charge is 2.41. The van der Waals surface area contributed by atoms with Crippen molar-refractivity contribution in [1.29, 1.82) is 0 Å². The fourth-order valence-electron chi connectivity index (χ4n) is 4.74. The molecule has 4 heterocycles. The number of piperazine rings is 1. The first-order valence-electron chi connectivity index (χ1n) is 7.61. The summed E-state index contributed by atoms with van der Waals surface area (Å²) < 4.78 is 0. The summed E-state index contributed by atoms with van der Waals surface area (Å²) >= 11 is 0. The van der Waals surface area contributed by atoms with Crippen LogP contribution in [0.1, 0.15) is 38.5 Å². The van der Waals surface area contributed by atoms with E-state index in [0.717, 1.165) is 30.1 Å². The molecule has 0 aromatic rings. The predicted octanol–water partition coefficient (Wildman–Crippen LogP) is 0.953. The summed E-state index contributed by atoms with van der Waals surface area (Å²) in [6.07, 6.45) is 8.74. The van der Waals surface area contributed by atoms with Crippen LogP contribution in [0.25, 0.3) is 0 Å². The van der Waals surface area contributed by atoms with Crippen molar-refractivity contribution in [2.24, 2.45) is 5.92 Å². The fraction of sp³-hybridized carbons (Fsp3) is 1.00. The summed E-state index contributed by atoms with van der Waals surface area (Å²) in [6, 6.07) is 3.28. The van der Waals surface area contributed by atoms with Gasteiger partial charge < -0.3 is 10.6 Å². The minimum Gasteiger partial charge on any atom is -0.311 e. The number of nitrogens with one attached hydrogen (secondary N) is 2. The molecule has 5 aliphatic rings. The van der Waals surface area contributed by atoms with E-state index in [-0.39, 0.29) is 0 Å². The van der Waals surface area contributed by atoms with Crippen LogP contribution < -0.4 is 10.6 Å². The van der Waals surface area contributed by atoms with Crippen LogP contribution in [0.5, 0.6) is 0 Å². The van der Waals surface area contributed by atoms with Crippen molar-refractivity contribution in [3.8, 4) is 0 Å². The summed E-state index contributed by atoms with van der Waals surface area (Å²) in [5.41, 5.74) is 0.